The van der Waals surface area contributed by atoms with Crippen LogP contribution in [0.5, 0.6) is 0 Å². The molecule has 2 aromatic rings. The SMILES string of the molecule is C=C(C)c1cc(Br)cc(-c2cnn(C)c2N)c1. The van der Waals surface area contributed by atoms with Crippen LogP contribution in [0.2, 0.25) is 0 Å². The van der Waals surface area contributed by atoms with Gasteiger partial charge in [-0.3, -0.25) is 4.68 Å². The van der Waals surface area contributed by atoms with E-state index in [0.717, 1.165) is 26.7 Å². The Hall–Kier alpha value is -1.55. The van der Waals surface area contributed by atoms with E-state index in [4.69, 9.17) is 5.73 Å². The van der Waals surface area contributed by atoms with E-state index in [1.807, 2.05) is 26.1 Å². The summed E-state index contributed by atoms with van der Waals surface area (Å²) in [7, 11) is 1.83. The zero-order valence-corrected chi connectivity index (χ0v) is 11.5. The zero-order chi connectivity index (χ0) is 12.6. The van der Waals surface area contributed by atoms with Gasteiger partial charge in [-0.05, 0) is 36.2 Å². The van der Waals surface area contributed by atoms with Gasteiger partial charge in [0.15, 0.2) is 0 Å². The van der Waals surface area contributed by atoms with E-state index < -0.39 is 0 Å². The number of allylic oxidation sites excluding steroid dienone is 1. The lowest BCUT2D eigenvalue weighted by molar-refractivity contribution is 0.779. The van der Waals surface area contributed by atoms with Crippen LogP contribution in [0.3, 0.4) is 0 Å². The first-order valence-corrected chi connectivity index (χ1v) is 6.02. The fraction of sp³-hybridized carbons (Fsp3) is 0.154. The first-order valence-electron chi connectivity index (χ1n) is 5.23. The van der Waals surface area contributed by atoms with Crippen LogP contribution in [0.25, 0.3) is 16.7 Å². The molecule has 1 heterocycles. The monoisotopic (exact) mass is 291 g/mol. The summed E-state index contributed by atoms with van der Waals surface area (Å²) in [5.74, 6) is 0.663. The van der Waals surface area contributed by atoms with Crippen molar-refractivity contribution in [1.29, 1.82) is 0 Å². The van der Waals surface area contributed by atoms with Gasteiger partial charge in [0.1, 0.15) is 5.82 Å². The fourth-order valence-corrected chi connectivity index (χ4v) is 2.15. The average molecular weight is 292 g/mol. The molecule has 0 spiro atoms. The van der Waals surface area contributed by atoms with Crippen LogP contribution >= 0.6 is 15.9 Å². The molecule has 0 bridgehead atoms. The van der Waals surface area contributed by atoms with Crippen LogP contribution in [-0.4, -0.2) is 9.78 Å². The number of aryl methyl sites for hydroxylation is 1. The van der Waals surface area contributed by atoms with Gasteiger partial charge in [-0.2, -0.15) is 5.10 Å². The molecule has 0 aliphatic rings. The number of nitrogen functional groups attached to an aromatic ring is 1. The lowest BCUT2D eigenvalue weighted by Gasteiger charge is -2.06. The summed E-state index contributed by atoms with van der Waals surface area (Å²) in [5.41, 5.74) is 10.1. The van der Waals surface area contributed by atoms with Gasteiger partial charge in [-0.15, -0.1) is 0 Å². The van der Waals surface area contributed by atoms with Crippen molar-refractivity contribution in [1.82, 2.24) is 9.78 Å². The normalized spacial score (nSPS) is 10.5. The van der Waals surface area contributed by atoms with Crippen LogP contribution in [0.4, 0.5) is 5.82 Å². The maximum Gasteiger partial charge on any atom is 0.129 e. The summed E-state index contributed by atoms with van der Waals surface area (Å²) in [5, 5.41) is 4.15. The Morgan fingerprint density at radius 2 is 2.12 bits per heavy atom. The molecule has 2 N–H and O–H groups in total. The number of nitrogens with zero attached hydrogens (tertiary/aromatic N) is 2. The largest absolute Gasteiger partial charge is 0.383 e. The third-order valence-corrected chi connectivity index (χ3v) is 3.14. The van der Waals surface area contributed by atoms with Crippen molar-refractivity contribution in [2.75, 3.05) is 5.73 Å². The highest BCUT2D eigenvalue weighted by molar-refractivity contribution is 9.10. The van der Waals surface area contributed by atoms with E-state index in [-0.39, 0.29) is 0 Å². The molecular formula is C13H14BrN3. The van der Waals surface area contributed by atoms with Gasteiger partial charge < -0.3 is 5.73 Å². The molecule has 1 aromatic carbocycles. The Kier molecular flexibility index (Phi) is 3.07. The predicted octanol–water partition coefficient (Wildman–Crippen LogP) is 3.46. The Labute approximate surface area is 109 Å². The van der Waals surface area contributed by atoms with Crippen molar-refractivity contribution in [3.05, 3.63) is 41.0 Å². The lowest BCUT2D eigenvalue weighted by Crippen LogP contribution is -1.98. The molecule has 17 heavy (non-hydrogen) atoms. The molecule has 0 amide bonds. The minimum atomic E-state index is 0.663. The highest BCUT2D eigenvalue weighted by atomic mass is 79.9. The van der Waals surface area contributed by atoms with Gasteiger partial charge in [-0.25, -0.2) is 0 Å². The second-order valence-electron chi connectivity index (χ2n) is 4.08. The van der Waals surface area contributed by atoms with E-state index in [9.17, 15) is 0 Å². The third-order valence-electron chi connectivity index (χ3n) is 2.69. The molecular weight excluding hydrogens is 278 g/mol. The minimum Gasteiger partial charge on any atom is -0.383 e. The summed E-state index contributed by atoms with van der Waals surface area (Å²) in [6.07, 6.45) is 1.78. The van der Waals surface area contributed by atoms with Crippen molar-refractivity contribution < 1.29 is 0 Å². The molecule has 0 unspecified atom stereocenters. The van der Waals surface area contributed by atoms with Gasteiger partial charge in [0.2, 0.25) is 0 Å². The molecule has 3 nitrogen and oxygen atoms in total. The molecule has 0 aliphatic carbocycles. The second-order valence-corrected chi connectivity index (χ2v) is 4.99. The minimum absolute atomic E-state index is 0.663. The number of halogens is 1. The van der Waals surface area contributed by atoms with Crippen molar-refractivity contribution in [3.8, 4) is 11.1 Å². The second kappa shape index (κ2) is 4.37. The molecule has 0 aliphatic heterocycles. The fourth-order valence-electron chi connectivity index (χ4n) is 1.66. The van der Waals surface area contributed by atoms with Gasteiger partial charge in [0, 0.05) is 17.1 Å². The van der Waals surface area contributed by atoms with Crippen molar-refractivity contribution in [3.63, 3.8) is 0 Å². The van der Waals surface area contributed by atoms with E-state index in [0.29, 0.717) is 5.82 Å². The smallest absolute Gasteiger partial charge is 0.129 e. The summed E-state index contributed by atoms with van der Waals surface area (Å²) < 4.78 is 2.67. The standard InChI is InChI=1S/C13H14BrN3/c1-8(2)9-4-10(6-11(14)5-9)12-7-16-17(3)13(12)15/h4-7H,1,15H2,2-3H3. The van der Waals surface area contributed by atoms with Crippen LogP contribution in [0.1, 0.15) is 12.5 Å². The summed E-state index contributed by atoms with van der Waals surface area (Å²) in [6, 6.07) is 6.14. The summed E-state index contributed by atoms with van der Waals surface area (Å²) in [6.45, 7) is 5.94. The van der Waals surface area contributed by atoms with E-state index in [2.05, 4.69) is 33.7 Å². The van der Waals surface area contributed by atoms with Gasteiger partial charge in [-0.1, -0.05) is 28.1 Å². The number of aromatic nitrogens is 2. The summed E-state index contributed by atoms with van der Waals surface area (Å²) >= 11 is 3.50. The number of hydrogen-bond acceptors (Lipinski definition) is 2. The first kappa shape index (κ1) is 11.9. The highest BCUT2D eigenvalue weighted by Crippen LogP contribution is 2.30. The van der Waals surface area contributed by atoms with E-state index in [1.54, 1.807) is 10.9 Å². The molecule has 1 aromatic heterocycles. The van der Waals surface area contributed by atoms with Crippen molar-refractivity contribution >= 4 is 27.3 Å². The third kappa shape index (κ3) is 2.26. The molecule has 0 saturated carbocycles. The molecule has 0 atom stereocenters. The number of anilines is 1. The summed E-state index contributed by atoms with van der Waals surface area (Å²) in [4.78, 5) is 0. The van der Waals surface area contributed by atoms with Gasteiger partial charge >= 0.3 is 0 Å². The number of nitrogens with two attached hydrogens (primary N) is 1. The quantitative estimate of drug-likeness (QED) is 0.921. The van der Waals surface area contributed by atoms with Crippen LogP contribution < -0.4 is 5.73 Å². The number of benzene rings is 1. The maximum atomic E-state index is 5.97. The van der Waals surface area contributed by atoms with Gasteiger partial charge in [0.25, 0.3) is 0 Å². The predicted molar refractivity (Wildman–Crippen MR) is 75.5 cm³/mol. The number of hydrogen-bond donors (Lipinski definition) is 1. The number of rotatable bonds is 2. The molecule has 0 saturated heterocycles. The lowest BCUT2D eigenvalue weighted by atomic mass is 10.0. The molecule has 0 fully saturated rings. The van der Waals surface area contributed by atoms with Crippen LogP contribution in [-0.2, 0) is 7.05 Å². The molecule has 0 radical (unpaired) electrons. The van der Waals surface area contributed by atoms with E-state index >= 15 is 0 Å². The topological polar surface area (TPSA) is 43.8 Å². The molecule has 4 heteroatoms. The van der Waals surface area contributed by atoms with Gasteiger partial charge in [0.05, 0.1) is 6.20 Å². The molecule has 88 valence electrons. The molecule has 2 rings (SSSR count). The Morgan fingerprint density at radius 1 is 1.41 bits per heavy atom. The zero-order valence-electron chi connectivity index (χ0n) is 9.87. The van der Waals surface area contributed by atoms with Crippen molar-refractivity contribution in [2.24, 2.45) is 7.05 Å². The van der Waals surface area contributed by atoms with Crippen LogP contribution in [0, 0.1) is 0 Å². The van der Waals surface area contributed by atoms with Crippen LogP contribution in [0.15, 0.2) is 35.4 Å². The Bertz CT molecular complexity index is 584. The Morgan fingerprint density at radius 3 is 2.65 bits per heavy atom. The van der Waals surface area contributed by atoms with Crippen molar-refractivity contribution in [2.45, 2.75) is 6.92 Å². The Balaban J connectivity index is 2.60. The average Bonchev–Trinajstić information content (AvgIpc) is 2.59. The highest BCUT2D eigenvalue weighted by Gasteiger charge is 2.09. The first-order chi connectivity index (χ1) is 7.99. The van der Waals surface area contributed by atoms with E-state index in [1.165, 1.54) is 0 Å². The maximum absolute atomic E-state index is 5.97.